The van der Waals surface area contributed by atoms with Crippen molar-refractivity contribution in [2.75, 3.05) is 25.0 Å². The standard InChI is InChI=1S/C29H33N5O6/c1-5-40-28(38)22-9-7-13-32(17-22)26(36)25-27(37)33(16-21-8-6-10-23(15-21)30-20(4)35)29(39)34(31-25)24-12-11-18(2)19(3)14-24/h6,8,10-12,14-15,22H,5,7,9,13,16-17H2,1-4H3,(H,30,35). The lowest BCUT2D eigenvalue weighted by molar-refractivity contribution is -0.149. The van der Waals surface area contributed by atoms with Gasteiger partial charge < -0.3 is 15.0 Å². The molecule has 1 atom stereocenters. The van der Waals surface area contributed by atoms with Crippen molar-refractivity contribution in [2.45, 2.75) is 47.1 Å². The van der Waals surface area contributed by atoms with Gasteiger partial charge in [-0.05, 0) is 74.6 Å². The van der Waals surface area contributed by atoms with E-state index in [-0.39, 0.29) is 31.6 Å². The first kappa shape index (κ1) is 28.5. The molecule has 11 heteroatoms. The van der Waals surface area contributed by atoms with Crippen LogP contribution in [0.5, 0.6) is 0 Å². The maximum atomic E-state index is 13.7. The first-order valence-corrected chi connectivity index (χ1v) is 13.2. The second-order valence-electron chi connectivity index (χ2n) is 9.93. The number of benzene rings is 2. The second-order valence-corrected chi connectivity index (χ2v) is 9.93. The molecule has 0 saturated carbocycles. The Bertz CT molecular complexity index is 1570. The first-order chi connectivity index (χ1) is 19.1. The Kier molecular flexibility index (Phi) is 8.61. The molecule has 3 aromatic rings. The van der Waals surface area contributed by atoms with Crippen molar-refractivity contribution < 1.29 is 19.1 Å². The summed E-state index contributed by atoms with van der Waals surface area (Å²) < 4.78 is 7.17. The van der Waals surface area contributed by atoms with Crippen molar-refractivity contribution in [3.8, 4) is 5.69 Å². The number of nitrogens with one attached hydrogen (secondary N) is 1. The topological polar surface area (TPSA) is 133 Å². The van der Waals surface area contributed by atoms with E-state index in [1.54, 1.807) is 43.3 Å². The Morgan fingerprint density at radius 2 is 1.85 bits per heavy atom. The zero-order valence-electron chi connectivity index (χ0n) is 23.1. The Morgan fingerprint density at radius 3 is 2.55 bits per heavy atom. The van der Waals surface area contributed by atoms with Crippen molar-refractivity contribution in [3.05, 3.63) is 85.7 Å². The van der Waals surface area contributed by atoms with Crippen LogP contribution in [0.3, 0.4) is 0 Å². The minimum Gasteiger partial charge on any atom is -0.466 e. The van der Waals surface area contributed by atoms with Crippen LogP contribution in [-0.4, -0.2) is 56.7 Å². The molecule has 0 aliphatic carbocycles. The monoisotopic (exact) mass is 547 g/mol. The summed E-state index contributed by atoms with van der Waals surface area (Å²) >= 11 is 0. The molecule has 4 rings (SSSR count). The second kappa shape index (κ2) is 12.1. The van der Waals surface area contributed by atoms with Crippen molar-refractivity contribution in [2.24, 2.45) is 5.92 Å². The van der Waals surface area contributed by atoms with Crippen LogP contribution in [0, 0.1) is 19.8 Å². The van der Waals surface area contributed by atoms with Gasteiger partial charge in [-0.3, -0.25) is 23.7 Å². The Hall–Kier alpha value is -4.54. The van der Waals surface area contributed by atoms with Gasteiger partial charge in [0.15, 0.2) is 0 Å². The highest BCUT2D eigenvalue weighted by Gasteiger charge is 2.32. The molecule has 1 aliphatic heterocycles. The average Bonchev–Trinajstić information content (AvgIpc) is 2.92. The largest absolute Gasteiger partial charge is 0.466 e. The highest BCUT2D eigenvalue weighted by molar-refractivity contribution is 5.92. The zero-order chi connectivity index (χ0) is 29.0. The third-order valence-electron chi connectivity index (χ3n) is 6.91. The molecule has 1 aromatic heterocycles. The fourth-order valence-corrected chi connectivity index (χ4v) is 4.71. The lowest BCUT2D eigenvalue weighted by atomic mass is 9.98. The van der Waals surface area contributed by atoms with E-state index in [9.17, 15) is 24.0 Å². The van der Waals surface area contributed by atoms with E-state index in [0.29, 0.717) is 36.3 Å². The van der Waals surface area contributed by atoms with Gasteiger partial charge in [0.1, 0.15) is 0 Å². The normalized spacial score (nSPS) is 15.0. The van der Waals surface area contributed by atoms with Crippen LogP contribution in [0.1, 0.15) is 53.9 Å². The fourth-order valence-electron chi connectivity index (χ4n) is 4.71. The predicted molar refractivity (Wildman–Crippen MR) is 149 cm³/mol. The van der Waals surface area contributed by atoms with Gasteiger partial charge >= 0.3 is 11.7 Å². The van der Waals surface area contributed by atoms with Crippen LogP contribution >= 0.6 is 0 Å². The van der Waals surface area contributed by atoms with E-state index in [2.05, 4.69) is 10.4 Å². The van der Waals surface area contributed by atoms with Crippen LogP contribution in [0.15, 0.2) is 52.1 Å². The van der Waals surface area contributed by atoms with Gasteiger partial charge in [0.05, 0.1) is 24.8 Å². The molecule has 1 N–H and O–H groups in total. The van der Waals surface area contributed by atoms with Gasteiger partial charge in [-0.25, -0.2) is 4.79 Å². The van der Waals surface area contributed by atoms with Crippen LogP contribution in [0.2, 0.25) is 0 Å². The number of ether oxygens (including phenoxy) is 1. The molecule has 0 spiro atoms. The van der Waals surface area contributed by atoms with Crippen LogP contribution in [0.25, 0.3) is 5.69 Å². The maximum absolute atomic E-state index is 13.7. The number of hydrogen-bond donors (Lipinski definition) is 1. The average molecular weight is 548 g/mol. The molecular formula is C29H33N5O6. The highest BCUT2D eigenvalue weighted by atomic mass is 16.5. The van der Waals surface area contributed by atoms with Gasteiger partial charge in [-0.1, -0.05) is 18.2 Å². The number of aryl methyl sites for hydroxylation is 2. The van der Waals surface area contributed by atoms with Crippen molar-refractivity contribution >= 4 is 23.5 Å². The number of amides is 2. The summed E-state index contributed by atoms with van der Waals surface area (Å²) in [5.74, 6) is -1.80. The fraction of sp³-hybridized carbons (Fsp3) is 0.379. The molecule has 11 nitrogen and oxygen atoms in total. The van der Waals surface area contributed by atoms with E-state index in [4.69, 9.17) is 4.74 Å². The van der Waals surface area contributed by atoms with E-state index < -0.39 is 28.8 Å². The van der Waals surface area contributed by atoms with Crippen molar-refractivity contribution in [3.63, 3.8) is 0 Å². The number of piperidine rings is 1. The number of anilines is 1. The Balaban J connectivity index is 1.80. The quantitative estimate of drug-likeness (QED) is 0.449. The molecule has 0 bridgehead atoms. The maximum Gasteiger partial charge on any atom is 0.352 e. The summed E-state index contributed by atoms with van der Waals surface area (Å²) in [6.45, 7) is 7.46. The van der Waals surface area contributed by atoms with Gasteiger partial charge in [-0.15, -0.1) is 0 Å². The molecule has 2 heterocycles. The molecule has 1 unspecified atom stereocenters. The zero-order valence-corrected chi connectivity index (χ0v) is 23.1. The van der Waals surface area contributed by atoms with Crippen LogP contribution < -0.4 is 16.6 Å². The van der Waals surface area contributed by atoms with Gasteiger partial charge in [0, 0.05) is 25.7 Å². The number of nitrogens with zero attached hydrogens (tertiary/aromatic N) is 4. The van der Waals surface area contributed by atoms with E-state index in [1.807, 2.05) is 19.9 Å². The summed E-state index contributed by atoms with van der Waals surface area (Å²) in [7, 11) is 0. The number of rotatable bonds is 7. The van der Waals surface area contributed by atoms with E-state index >= 15 is 0 Å². The third kappa shape index (κ3) is 6.19. The molecular weight excluding hydrogens is 514 g/mol. The molecule has 0 radical (unpaired) electrons. The van der Waals surface area contributed by atoms with E-state index in [1.165, 1.54) is 11.8 Å². The van der Waals surface area contributed by atoms with Gasteiger partial charge in [-0.2, -0.15) is 9.78 Å². The third-order valence-corrected chi connectivity index (χ3v) is 6.91. The SMILES string of the molecule is CCOC(=O)C1CCCN(C(=O)c2nn(-c3ccc(C)c(C)c3)c(=O)n(Cc3cccc(NC(C)=O)c3)c2=O)C1. The number of likely N-dealkylation sites (tertiary alicyclic amines) is 1. The number of esters is 1. The number of aromatic nitrogens is 3. The molecule has 2 amide bonds. The highest BCUT2D eigenvalue weighted by Crippen LogP contribution is 2.19. The molecule has 210 valence electrons. The molecule has 40 heavy (non-hydrogen) atoms. The molecule has 1 aliphatic rings. The Morgan fingerprint density at radius 1 is 1.07 bits per heavy atom. The van der Waals surface area contributed by atoms with Crippen molar-refractivity contribution in [1.29, 1.82) is 0 Å². The van der Waals surface area contributed by atoms with Crippen LogP contribution in [0.4, 0.5) is 5.69 Å². The number of hydrogen-bond acceptors (Lipinski definition) is 7. The summed E-state index contributed by atoms with van der Waals surface area (Å²) in [6, 6.07) is 12.1. The van der Waals surface area contributed by atoms with Gasteiger partial charge in [0.25, 0.3) is 11.5 Å². The summed E-state index contributed by atoms with van der Waals surface area (Å²) in [5.41, 5.74) is 1.45. The summed E-state index contributed by atoms with van der Waals surface area (Å²) in [5, 5.41) is 6.94. The molecule has 1 saturated heterocycles. The lowest BCUT2D eigenvalue weighted by Crippen LogP contribution is -2.49. The van der Waals surface area contributed by atoms with Gasteiger partial charge in [0.2, 0.25) is 11.6 Å². The van der Waals surface area contributed by atoms with Crippen molar-refractivity contribution in [1.82, 2.24) is 19.2 Å². The molecule has 2 aromatic carbocycles. The number of carbonyl (C=O) groups is 3. The minimum atomic E-state index is -0.835. The number of carbonyl (C=O) groups excluding carboxylic acids is 3. The first-order valence-electron chi connectivity index (χ1n) is 13.2. The predicted octanol–water partition coefficient (Wildman–Crippen LogP) is 2.43. The summed E-state index contributed by atoms with van der Waals surface area (Å²) in [6.07, 6.45) is 1.14. The minimum absolute atomic E-state index is 0.0975. The van der Waals surface area contributed by atoms with E-state index in [0.717, 1.165) is 20.4 Å². The van der Waals surface area contributed by atoms with Crippen LogP contribution in [-0.2, 0) is 20.9 Å². The lowest BCUT2D eigenvalue weighted by Gasteiger charge is -2.31. The summed E-state index contributed by atoms with van der Waals surface area (Å²) in [4.78, 5) is 66.2. The Labute approximate surface area is 231 Å². The smallest absolute Gasteiger partial charge is 0.352 e. The molecule has 1 fully saturated rings.